The van der Waals surface area contributed by atoms with E-state index in [2.05, 4.69) is 0 Å². The van der Waals surface area contributed by atoms with Crippen LogP contribution in [0, 0.1) is 0 Å². The van der Waals surface area contributed by atoms with E-state index < -0.39 is 10.0 Å². The maximum absolute atomic E-state index is 9.19. The minimum absolute atomic E-state index is 0.715. The molecule has 0 aromatic heterocycles. The van der Waals surface area contributed by atoms with Gasteiger partial charge in [0.05, 0.1) is 6.26 Å². The molecule has 0 rings (SSSR count). The molecule has 0 aromatic carbocycles. The lowest BCUT2D eigenvalue weighted by Crippen LogP contribution is -1.91. The lowest BCUT2D eigenvalue weighted by atomic mass is 12.0. The first-order valence-corrected chi connectivity index (χ1v) is 2.77. The predicted molar refractivity (Wildman–Crippen MR) is 17.0 cm³/mol. The molecule has 0 aliphatic heterocycles. The third-order valence-electron chi connectivity index (χ3n) is 0. The Hall–Kier alpha value is -0.0900. The van der Waals surface area contributed by atoms with Gasteiger partial charge in [-0.1, -0.05) is 0 Å². The Morgan fingerprint density at radius 2 is 1.60 bits per heavy atom. The zero-order chi connectivity index (χ0) is 4.50. The van der Waals surface area contributed by atoms with E-state index in [0.29, 0.717) is 6.26 Å². The van der Waals surface area contributed by atoms with Crippen molar-refractivity contribution in [2.75, 3.05) is 6.26 Å². The van der Waals surface area contributed by atoms with Gasteiger partial charge in [-0.15, -0.1) is 0 Å². The van der Waals surface area contributed by atoms with Gasteiger partial charge in [0.1, 0.15) is 0 Å². The first-order valence-electron chi connectivity index (χ1n) is 0.924. The summed E-state index contributed by atoms with van der Waals surface area (Å²) >= 11 is 0. The first kappa shape index (κ1) is 4.91. The second kappa shape index (κ2) is 0.948. The van der Waals surface area contributed by atoms with Crippen LogP contribution in [0.5, 0.6) is 0 Å². The largest absolute Gasteiger partial charge is 0.242 e. The molecule has 0 fully saturated rings. The monoisotopic (exact) mass is 93.0 g/mol. The van der Waals surface area contributed by atoms with Gasteiger partial charge in [-0.3, -0.25) is 0 Å². The molecule has 5 heavy (non-hydrogen) atoms. The fourth-order valence-electron chi connectivity index (χ4n) is 0. The van der Waals surface area contributed by atoms with Crippen molar-refractivity contribution in [3.63, 3.8) is 0 Å². The van der Waals surface area contributed by atoms with Crippen molar-refractivity contribution in [3.8, 4) is 0 Å². The maximum Gasteiger partial charge on any atom is 0.242 e. The highest BCUT2D eigenvalue weighted by atomic mass is 32.2. The summed E-state index contributed by atoms with van der Waals surface area (Å²) in [5.41, 5.74) is 0. The molecule has 2 radical (unpaired) electrons. The molecule has 4 heteroatoms. The summed E-state index contributed by atoms with van der Waals surface area (Å²) in [6, 6.07) is 0. The number of sulfonamides is 1. The summed E-state index contributed by atoms with van der Waals surface area (Å²) in [6.07, 6.45) is 0.715. The van der Waals surface area contributed by atoms with E-state index in [9.17, 15) is 8.42 Å². The Morgan fingerprint density at radius 1 is 1.60 bits per heavy atom. The van der Waals surface area contributed by atoms with Crippen LogP contribution in [0.15, 0.2) is 0 Å². The number of nitrogens with zero attached hydrogens (tertiary/aromatic N) is 1. The van der Waals surface area contributed by atoms with E-state index >= 15 is 0 Å². The fourth-order valence-corrected chi connectivity index (χ4v) is 0. The molecular formula is CH3NO2S. The molecule has 0 aliphatic carbocycles. The highest BCUT2D eigenvalue weighted by Gasteiger charge is 1.84. The highest BCUT2D eigenvalue weighted by Crippen LogP contribution is 1.57. The SMILES string of the molecule is CS([N])(=O)=O. The number of rotatable bonds is 0. The van der Waals surface area contributed by atoms with Gasteiger partial charge in [0.2, 0.25) is 10.0 Å². The van der Waals surface area contributed by atoms with Crippen LogP contribution in [0.2, 0.25) is 0 Å². The standard InChI is InChI=1S/CH3NO2S/c1-5(2,3)4/h1H3. The molecule has 0 bridgehead atoms. The Morgan fingerprint density at radius 3 is 1.60 bits per heavy atom. The Labute approximate surface area is 30.8 Å². The average molecular weight is 93.1 g/mol. The van der Waals surface area contributed by atoms with Crippen LogP contribution in [0.3, 0.4) is 0 Å². The topological polar surface area (TPSA) is 56.4 Å². The van der Waals surface area contributed by atoms with E-state index in [0.717, 1.165) is 0 Å². The van der Waals surface area contributed by atoms with Crippen molar-refractivity contribution in [3.05, 3.63) is 0 Å². The molecule has 0 unspecified atom stereocenters. The lowest BCUT2D eigenvalue weighted by Gasteiger charge is -1.65. The zero-order valence-corrected chi connectivity index (χ0v) is 3.49. The molecule has 30 valence electrons. The third-order valence-corrected chi connectivity index (χ3v) is 0. The summed E-state index contributed by atoms with van der Waals surface area (Å²) in [4.78, 5) is 0. The molecular weight excluding hydrogens is 90.1 g/mol. The molecule has 0 N–H and O–H groups in total. The average Bonchev–Trinajstić information content (AvgIpc) is 0.722. The van der Waals surface area contributed by atoms with Gasteiger partial charge in [-0.25, -0.2) is 8.42 Å². The summed E-state index contributed by atoms with van der Waals surface area (Å²) in [6.45, 7) is 0. The number of hydrogen-bond donors (Lipinski definition) is 0. The zero-order valence-electron chi connectivity index (χ0n) is 2.67. The van der Waals surface area contributed by atoms with Crippen LogP contribution in [-0.2, 0) is 10.0 Å². The van der Waals surface area contributed by atoms with Crippen LogP contribution in [-0.4, -0.2) is 14.7 Å². The van der Waals surface area contributed by atoms with Gasteiger partial charge < -0.3 is 0 Å². The molecule has 3 nitrogen and oxygen atoms in total. The van der Waals surface area contributed by atoms with Crippen molar-refractivity contribution in [1.82, 2.24) is 5.14 Å². The predicted octanol–water partition coefficient (Wildman–Crippen LogP) is -0.985. The van der Waals surface area contributed by atoms with E-state index in [1.165, 1.54) is 0 Å². The van der Waals surface area contributed by atoms with E-state index in [-0.39, 0.29) is 0 Å². The summed E-state index contributed by atoms with van der Waals surface area (Å²) < 4.78 is 18.4. The quantitative estimate of drug-likeness (QED) is 0.386. The molecule has 0 saturated heterocycles. The van der Waals surface area contributed by atoms with Gasteiger partial charge >= 0.3 is 0 Å². The van der Waals surface area contributed by atoms with Crippen LogP contribution < -0.4 is 5.14 Å². The lowest BCUT2D eigenvalue weighted by molar-refractivity contribution is 0.602. The summed E-state index contributed by atoms with van der Waals surface area (Å²) in [7, 11) is -3.67. The Balaban J connectivity index is 4.06. The molecule has 0 amide bonds. The third kappa shape index (κ3) is 1760. The Bertz CT molecular complexity index is 92.8. The molecule has 0 saturated carbocycles. The van der Waals surface area contributed by atoms with Gasteiger partial charge in [0.15, 0.2) is 0 Å². The van der Waals surface area contributed by atoms with Crippen molar-refractivity contribution in [2.45, 2.75) is 0 Å². The summed E-state index contributed by atoms with van der Waals surface area (Å²) in [5, 5.41) is 7.49. The van der Waals surface area contributed by atoms with Gasteiger partial charge in [-0.2, -0.15) is 0 Å². The second-order valence-corrected chi connectivity index (χ2v) is 2.20. The minimum Gasteiger partial charge on any atom is -0.210 e. The van der Waals surface area contributed by atoms with Crippen molar-refractivity contribution in [2.24, 2.45) is 0 Å². The highest BCUT2D eigenvalue weighted by molar-refractivity contribution is 7.88. The fraction of sp³-hybridized carbons (Fsp3) is 1.00. The number of hydrogen-bond acceptors (Lipinski definition) is 2. The van der Waals surface area contributed by atoms with E-state index in [1.807, 2.05) is 0 Å². The van der Waals surface area contributed by atoms with Crippen LogP contribution in [0.1, 0.15) is 0 Å². The van der Waals surface area contributed by atoms with Crippen molar-refractivity contribution >= 4 is 10.0 Å². The molecule has 0 aliphatic rings. The molecule has 0 heterocycles. The van der Waals surface area contributed by atoms with Gasteiger partial charge in [0.25, 0.3) is 0 Å². The van der Waals surface area contributed by atoms with Crippen LogP contribution in [0.25, 0.3) is 0 Å². The molecule has 0 aromatic rings. The van der Waals surface area contributed by atoms with Gasteiger partial charge in [0, 0.05) is 0 Å². The summed E-state index contributed by atoms with van der Waals surface area (Å²) in [5.74, 6) is 0. The molecule has 0 atom stereocenters. The normalized spacial score (nSPS) is 11.6. The van der Waals surface area contributed by atoms with Crippen LogP contribution >= 0.6 is 0 Å². The van der Waals surface area contributed by atoms with Crippen molar-refractivity contribution in [1.29, 1.82) is 0 Å². The maximum atomic E-state index is 9.19. The van der Waals surface area contributed by atoms with Crippen molar-refractivity contribution < 1.29 is 8.42 Å². The van der Waals surface area contributed by atoms with E-state index in [1.54, 1.807) is 0 Å². The molecule has 0 spiro atoms. The van der Waals surface area contributed by atoms with E-state index in [4.69, 9.17) is 5.14 Å². The first-order chi connectivity index (χ1) is 2.00. The Kier molecular flexibility index (Phi) is 0.931. The van der Waals surface area contributed by atoms with Crippen LogP contribution in [0.4, 0.5) is 0 Å². The van der Waals surface area contributed by atoms with Gasteiger partial charge in [-0.05, 0) is 5.14 Å². The smallest absolute Gasteiger partial charge is 0.210 e. The second-order valence-electron chi connectivity index (χ2n) is 0.733. The minimum atomic E-state index is -3.67.